The Hall–Kier alpha value is -2.92. The number of nitrogens with one attached hydrogen (secondary N) is 1. The van der Waals surface area contributed by atoms with Crippen molar-refractivity contribution in [2.45, 2.75) is 45.6 Å². The van der Waals surface area contributed by atoms with E-state index in [1.165, 1.54) is 5.56 Å². The number of aromatic carboxylic acids is 1. The average molecular weight is 405 g/mol. The van der Waals surface area contributed by atoms with E-state index in [0.29, 0.717) is 11.6 Å². The molecule has 2 N–H and O–H groups in total. The van der Waals surface area contributed by atoms with Crippen molar-refractivity contribution in [3.63, 3.8) is 0 Å². The maximum absolute atomic E-state index is 11.6. The van der Waals surface area contributed by atoms with Crippen LogP contribution in [0.5, 0.6) is 0 Å². The van der Waals surface area contributed by atoms with Gasteiger partial charge in [0.25, 0.3) is 0 Å². The molecule has 0 spiro atoms. The molecule has 0 aliphatic carbocycles. The highest BCUT2D eigenvalue weighted by Gasteiger charge is 2.21. The topological polar surface area (TPSA) is 71.5 Å². The van der Waals surface area contributed by atoms with E-state index >= 15 is 0 Å². The molecule has 0 amide bonds. The van der Waals surface area contributed by atoms with Crippen LogP contribution in [0.4, 0.5) is 5.69 Å². The van der Waals surface area contributed by atoms with Crippen molar-refractivity contribution < 1.29 is 14.6 Å². The number of rotatable bonds is 5. The summed E-state index contributed by atoms with van der Waals surface area (Å²) in [5, 5.41) is 14.0. The van der Waals surface area contributed by atoms with Crippen molar-refractivity contribution in [2.75, 3.05) is 18.5 Å². The number of pyridine rings is 1. The van der Waals surface area contributed by atoms with Crippen molar-refractivity contribution in [1.29, 1.82) is 0 Å². The fourth-order valence-electron chi connectivity index (χ4n) is 4.42. The van der Waals surface area contributed by atoms with Gasteiger partial charge in [0.05, 0.1) is 17.7 Å². The largest absolute Gasteiger partial charge is 0.478 e. The van der Waals surface area contributed by atoms with E-state index in [1.807, 2.05) is 12.1 Å². The molecule has 0 bridgehead atoms. The highest BCUT2D eigenvalue weighted by atomic mass is 16.5. The summed E-state index contributed by atoms with van der Waals surface area (Å²) in [4.78, 5) is 16.5. The van der Waals surface area contributed by atoms with E-state index < -0.39 is 5.97 Å². The van der Waals surface area contributed by atoms with Gasteiger partial charge in [-0.2, -0.15) is 0 Å². The van der Waals surface area contributed by atoms with Crippen LogP contribution in [0.1, 0.15) is 64.5 Å². The molecule has 30 heavy (non-hydrogen) atoms. The molecule has 0 saturated carbocycles. The summed E-state index contributed by atoms with van der Waals surface area (Å²) >= 11 is 0. The lowest BCUT2D eigenvalue weighted by Crippen LogP contribution is -2.17. The SMILES string of the molecule is Cc1cc([C@@H](C)Nc2ccccc2C(=O)O)c2cc([C@H]3CCCOC3)c(C)nc2c1. The first kappa shape index (κ1) is 20.4. The molecule has 1 fully saturated rings. The molecule has 1 aliphatic rings. The van der Waals surface area contributed by atoms with E-state index in [1.54, 1.807) is 12.1 Å². The molecule has 3 aromatic rings. The van der Waals surface area contributed by atoms with Crippen LogP contribution in [0.25, 0.3) is 10.9 Å². The number of fused-ring (bicyclic) bond motifs is 1. The molecule has 156 valence electrons. The minimum absolute atomic E-state index is 0.0761. The third-order valence-corrected chi connectivity index (χ3v) is 5.94. The Morgan fingerprint density at radius 1 is 1.23 bits per heavy atom. The third-order valence-electron chi connectivity index (χ3n) is 5.94. The number of para-hydroxylation sites is 1. The summed E-state index contributed by atoms with van der Waals surface area (Å²) in [5.74, 6) is -0.558. The van der Waals surface area contributed by atoms with Gasteiger partial charge in [0.1, 0.15) is 0 Å². The zero-order valence-electron chi connectivity index (χ0n) is 17.7. The number of nitrogens with zero attached hydrogens (tertiary/aromatic N) is 1. The Kier molecular flexibility index (Phi) is 5.73. The minimum Gasteiger partial charge on any atom is -0.478 e. The van der Waals surface area contributed by atoms with E-state index in [2.05, 4.69) is 44.3 Å². The summed E-state index contributed by atoms with van der Waals surface area (Å²) in [5.41, 5.74) is 6.44. The number of anilines is 1. The summed E-state index contributed by atoms with van der Waals surface area (Å²) in [7, 11) is 0. The lowest BCUT2D eigenvalue weighted by atomic mass is 9.89. The molecule has 2 atom stereocenters. The smallest absolute Gasteiger partial charge is 0.337 e. The second-order valence-corrected chi connectivity index (χ2v) is 8.21. The maximum atomic E-state index is 11.6. The van der Waals surface area contributed by atoms with Crippen LogP contribution in [-0.2, 0) is 4.74 Å². The quantitative estimate of drug-likeness (QED) is 0.578. The van der Waals surface area contributed by atoms with Gasteiger partial charge in [0.15, 0.2) is 0 Å². The Morgan fingerprint density at radius 2 is 2.03 bits per heavy atom. The normalized spacial score (nSPS) is 17.6. The van der Waals surface area contributed by atoms with Crippen molar-refractivity contribution in [3.05, 3.63) is 70.4 Å². The maximum Gasteiger partial charge on any atom is 0.337 e. The van der Waals surface area contributed by atoms with Gasteiger partial charge in [0.2, 0.25) is 0 Å². The van der Waals surface area contributed by atoms with E-state index in [9.17, 15) is 9.90 Å². The first-order valence-electron chi connectivity index (χ1n) is 10.5. The van der Waals surface area contributed by atoms with Gasteiger partial charge in [-0.25, -0.2) is 4.79 Å². The van der Waals surface area contributed by atoms with Gasteiger partial charge in [-0.3, -0.25) is 4.98 Å². The van der Waals surface area contributed by atoms with E-state index in [-0.39, 0.29) is 11.6 Å². The number of benzene rings is 2. The molecule has 2 heterocycles. The monoisotopic (exact) mass is 404 g/mol. The molecule has 5 heteroatoms. The zero-order chi connectivity index (χ0) is 21.3. The average Bonchev–Trinajstić information content (AvgIpc) is 2.73. The fourth-order valence-corrected chi connectivity index (χ4v) is 4.42. The van der Waals surface area contributed by atoms with Crippen molar-refractivity contribution in [2.24, 2.45) is 0 Å². The molecule has 0 unspecified atom stereocenters. The van der Waals surface area contributed by atoms with Gasteiger partial charge < -0.3 is 15.2 Å². The highest BCUT2D eigenvalue weighted by Crippen LogP contribution is 2.34. The van der Waals surface area contributed by atoms with Gasteiger partial charge >= 0.3 is 5.97 Å². The summed E-state index contributed by atoms with van der Waals surface area (Å²) < 4.78 is 5.72. The molecule has 2 aromatic carbocycles. The first-order valence-corrected chi connectivity index (χ1v) is 10.5. The molecule has 4 rings (SSSR count). The molecule has 1 aromatic heterocycles. The summed E-state index contributed by atoms with van der Waals surface area (Å²) in [6, 6.07) is 13.5. The van der Waals surface area contributed by atoms with Crippen molar-refractivity contribution in [1.82, 2.24) is 4.98 Å². The van der Waals surface area contributed by atoms with Gasteiger partial charge in [0, 0.05) is 35.3 Å². The lowest BCUT2D eigenvalue weighted by molar-refractivity contribution is 0.0698. The summed E-state index contributed by atoms with van der Waals surface area (Å²) in [6.07, 6.45) is 2.20. The fraction of sp³-hybridized carbons (Fsp3) is 0.360. The predicted octanol–water partition coefficient (Wildman–Crippen LogP) is 5.62. The number of carbonyl (C=O) groups is 1. The van der Waals surface area contributed by atoms with Crippen LogP contribution in [0.2, 0.25) is 0 Å². The standard InChI is InChI=1S/C25H28N2O3/c1-15-11-21(17(3)26-23-9-5-4-8-19(23)25(28)29)22-13-20(16(2)27-24(22)12-15)18-7-6-10-30-14-18/h4-5,8-9,11-13,17-18,26H,6-7,10,14H2,1-3H3,(H,28,29)/t17-,18+/m1/s1. The number of aryl methyl sites for hydroxylation is 2. The van der Waals surface area contributed by atoms with E-state index in [0.717, 1.165) is 53.8 Å². The van der Waals surface area contributed by atoms with Gasteiger partial charge in [-0.1, -0.05) is 18.2 Å². The Morgan fingerprint density at radius 3 is 2.77 bits per heavy atom. The highest BCUT2D eigenvalue weighted by molar-refractivity contribution is 5.94. The number of carboxylic acid groups (broad SMARTS) is 1. The van der Waals surface area contributed by atoms with Crippen molar-refractivity contribution in [3.8, 4) is 0 Å². The van der Waals surface area contributed by atoms with Crippen LogP contribution in [0.15, 0.2) is 42.5 Å². The van der Waals surface area contributed by atoms with Gasteiger partial charge in [-0.05, 0) is 74.6 Å². The second kappa shape index (κ2) is 8.44. The van der Waals surface area contributed by atoms with Crippen LogP contribution >= 0.6 is 0 Å². The van der Waals surface area contributed by atoms with Gasteiger partial charge in [-0.15, -0.1) is 0 Å². The molecule has 5 nitrogen and oxygen atoms in total. The first-order chi connectivity index (χ1) is 14.4. The Labute approximate surface area is 177 Å². The third kappa shape index (κ3) is 4.03. The van der Waals surface area contributed by atoms with Crippen LogP contribution in [0, 0.1) is 13.8 Å². The Balaban J connectivity index is 1.76. The molecule has 0 radical (unpaired) electrons. The number of hydrogen-bond donors (Lipinski definition) is 2. The summed E-state index contributed by atoms with van der Waals surface area (Å²) in [6.45, 7) is 7.80. The minimum atomic E-state index is -0.934. The number of hydrogen-bond acceptors (Lipinski definition) is 4. The second-order valence-electron chi connectivity index (χ2n) is 8.21. The lowest BCUT2D eigenvalue weighted by Gasteiger charge is -2.25. The predicted molar refractivity (Wildman–Crippen MR) is 119 cm³/mol. The van der Waals surface area contributed by atoms with E-state index in [4.69, 9.17) is 9.72 Å². The van der Waals surface area contributed by atoms with Crippen LogP contribution < -0.4 is 5.32 Å². The van der Waals surface area contributed by atoms with Crippen LogP contribution in [-0.4, -0.2) is 29.3 Å². The Bertz CT molecular complexity index is 1090. The molecular formula is C25H28N2O3. The van der Waals surface area contributed by atoms with Crippen LogP contribution in [0.3, 0.4) is 0 Å². The molecular weight excluding hydrogens is 376 g/mol. The molecule has 1 saturated heterocycles. The molecule has 1 aliphatic heterocycles. The zero-order valence-corrected chi connectivity index (χ0v) is 17.7. The number of ether oxygens (including phenoxy) is 1. The number of aromatic nitrogens is 1. The van der Waals surface area contributed by atoms with Crippen molar-refractivity contribution >= 4 is 22.6 Å². The number of carboxylic acids is 1.